The third-order valence-electron chi connectivity index (χ3n) is 2.47. The molecular weight excluding hydrogens is 152 g/mol. The van der Waals surface area contributed by atoms with Gasteiger partial charge < -0.3 is 0 Å². The number of hydrogen-bond acceptors (Lipinski definition) is 2. The number of allylic oxidation sites excluding steroid dienone is 2. The fraction of sp³-hybridized carbons (Fsp3) is 0.600. The fourth-order valence-electron chi connectivity index (χ4n) is 1.43. The van der Waals surface area contributed by atoms with Crippen molar-refractivity contribution in [1.82, 2.24) is 0 Å². The van der Waals surface area contributed by atoms with Crippen molar-refractivity contribution in [2.24, 2.45) is 5.92 Å². The van der Waals surface area contributed by atoms with Gasteiger partial charge in [0.25, 0.3) is 0 Å². The molecule has 0 aromatic heterocycles. The molecule has 0 unspecified atom stereocenters. The van der Waals surface area contributed by atoms with E-state index < -0.39 is 5.60 Å². The van der Waals surface area contributed by atoms with Crippen LogP contribution in [0, 0.1) is 5.92 Å². The lowest BCUT2D eigenvalue weighted by Gasteiger charge is -2.29. The zero-order valence-corrected chi connectivity index (χ0v) is 7.71. The Bertz CT molecular complexity index is 208. The first-order valence-corrected chi connectivity index (χ1v) is 4.25. The average molecular weight is 168 g/mol. The highest BCUT2D eigenvalue weighted by molar-refractivity contribution is 5.14. The summed E-state index contributed by atoms with van der Waals surface area (Å²) >= 11 is 0. The Kier molecular flexibility index (Phi) is 2.70. The van der Waals surface area contributed by atoms with Gasteiger partial charge in [-0.3, -0.25) is 5.26 Å². The van der Waals surface area contributed by atoms with Crippen LogP contribution in [0.2, 0.25) is 0 Å². The summed E-state index contributed by atoms with van der Waals surface area (Å²) in [6.45, 7) is 7.80. The molecule has 0 saturated carbocycles. The van der Waals surface area contributed by atoms with Gasteiger partial charge in [-0.25, -0.2) is 4.89 Å². The molecule has 68 valence electrons. The Morgan fingerprint density at radius 2 is 2.42 bits per heavy atom. The maximum atomic E-state index is 8.60. The van der Waals surface area contributed by atoms with Gasteiger partial charge >= 0.3 is 0 Å². The average Bonchev–Trinajstić information content (AvgIpc) is 2.05. The highest BCUT2D eigenvalue weighted by Gasteiger charge is 2.27. The van der Waals surface area contributed by atoms with Crippen LogP contribution < -0.4 is 0 Å². The minimum absolute atomic E-state index is 0.452. The Labute approximate surface area is 73.5 Å². The molecule has 0 amide bonds. The van der Waals surface area contributed by atoms with Crippen LogP contribution in [0.15, 0.2) is 24.3 Å². The smallest absolute Gasteiger partial charge is 0.119 e. The molecule has 2 atom stereocenters. The predicted octanol–water partition coefficient (Wildman–Crippen LogP) is 2.78. The van der Waals surface area contributed by atoms with E-state index in [0.717, 1.165) is 12.8 Å². The molecule has 2 nitrogen and oxygen atoms in total. The van der Waals surface area contributed by atoms with E-state index in [2.05, 4.69) is 17.5 Å². The topological polar surface area (TPSA) is 29.5 Å². The third-order valence-corrected chi connectivity index (χ3v) is 2.47. The van der Waals surface area contributed by atoms with Gasteiger partial charge in [-0.15, -0.1) is 0 Å². The minimum atomic E-state index is -0.480. The molecule has 0 aromatic carbocycles. The molecule has 0 spiro atoms. The van der Waals surface area contributed by atoms with Crippen LogP contribution in [0.5, 0.6) is 0 Å². The van der Waals surface area contributed by atoms with Crippen LogP contribution in [0.3, 0.4) is 0 Å². The summed E-state index contributed by atoms with van der Waals surface area (Å²) in [6, 6.07) is 0. The maximum absolute atomic E-state index is 8.60. The molecule has 0 aliphatic heterocycles. The van der Waals surface area contributed by atoms with E-state index >= 15 is 0 Å². The van der Waals surface area contributed by atoms with E-state index in [0.29, 0.717) is 5.92 Å². The molecule has 0 aromatic rings. The van der Waals surface area contributed by atoms with Crippen LogP contribution >= 0.6 is 0 Å². The van der Waals surface area contributed by atoms with E-state index in [4.69, 9.17) is 5.26 Å². The standard InChI is InChI=1S/C10H16O2/c1-8(2)9-4-6-10(3,12-11)7-5-9/h4,6,9,11H,1,5,7H2,2-3H3/t9-,10-/m1/s1. The van der Waals surface area contributed by atoms with Crippen LogP contribution in [0.1, 0.15) is 26.7 Å². The van der Waals surface area contributed by atoms with Crippen molar-refractivity contribution in [3.63, 3.8) is 0 Å². The summed E-state index contributed by atoms with van der Waals surface area (Å²) in [6.07, 6.45) is 5.82. The quantitative estimate of drug-likeness (QED) is 0.390. The zero-order chi connectivity index (χ0) is 9.19. The molecule has 1 rings (SSSR count). The van der Waals surface area contributed by atoms with Gasteiger partial charge in [0.2, 0.25) is 0 Å². The molecule has 12 heavy (non-hydrogen) atoms. The molecule has 0 bridgehead atoms. The van der Waals surface area contributed by atoms with E-state index in [-0.39, 0.29) is 0 Å². The first-order chi connectivity index (χ1) is 5.57. The van der Waals surface area contributed by atoms with E-state index in [9.17, 15) is 0 Å². The van der Waals surface area contributed by atoms with Gasteiger partial charge in [0.05, 0.1) is 0 Å². The third kappa shape index (κ3) is 1.96. The Balaban J connectivity index is 2.64. The molecule has 1 aliphatic rings. The fourth-order valence-corrected chi connectivity index (χ4v) is 1.43. The second-order valence-electron chi connectivity index (χ2n) is 3.75. The summed E-state index contributed by atoms with van der Waals surface area (Å²) in [4.78, 5) is 4.39. The largest absolute Gasteiger partial charge is 0.251 e. The van der Waals surface area contributed by atoms with Crippen molar-refractivity contribution < 1.29 is 10.1 Å². The first kappa shape index (κ1) is 9.49. The lowest BCUT2D eigenvalue weighted by Crippen LogP contribution is -2.28. The van der Waals surface area contributed by atoms with E-state index in [1.54, 1.807) is 0 Å². The van der Waals surface area contributed by atoms with Crippen LogP contribution in [-0.4, -0.2) is 10.9 Å². The van der Waals surface area contributed by atoms with Crippen molar-refractivity contribution >= 4 is 0 Å². The molecule has 0 saturated heterocycles. The Hall–Kier alpha value is -0.600. The monoisotopic (exact) mass is 168 g/mol. The van der Waals surface area contributed by atoms with Crippen LogP contribution in [0.25, 0.3) is 0 Å². The maximum Gasteiger partial charge on any atom is 0.119 e. The van der Waals surface area contributed by atoms with Gasteiger partial charge in [-0.2, -0.15) is 0 Å². The van der Waals surface area contributed by atoms with Gasteiger partial charge in [0.1, 0.15) is 5.60 Å². The summed E-state index contributed by atoms with van der Waals surface area (Å²) in [7, 11) is 0. The SMILES string of the molecule is C=C(C)[C@@H]1C=C[C@@](C)(OO)CC1. The van der Waals surface area contributed by atoms with Gasteiger partial charge in [-0.05, 0) is 32.6 Å². The number of rotatable bonds is 2. The predicted molar refractivity (Wildman–Crippen MR) is 48.8 cm³/mol. The second-order valence-corrected chi connectivity index (χ2v) is 3.75. The molecule has 1 N–H and O–H groups in total. The summed E-state index contributed by atoms with van der Waals surface area (Å²) in [5.41, 5.74) is 0.692. The molecule has 1 aliphatic carbocycles. The van der Waals surface area contributed by atoms with Gasteiger partial charge in [0.15, 0.2) is 0 Å². The molecular formula is C10H16O2. The van der Waals surface area contributed by atoms with Crippen molar-refractivity contribution in [2.75, 3.05) is 0 Å². The highest BCUT2D eigenvalue weighted by Crippen LogP contribution is 2.30. The van der Waals surface area contributed by atoms with Crippen molar-refractivity contribution in [2.45, 2.75) is 32.3 Å². The molecule has 0 heterocycles. The summed E-state index contributed by atoms with van der Waals surface area (Å²) in [5.74, 6) is 0.452. The van der Waals surface area contributed by atoms with Crippen LogP contribution in [-0.2, 0) is 4.89 Å². The normalized spacial score (nSPS) is 35.1. The van der Waals surface area contributed by atoms with Gasteiger partial charge in [-0.1, -0.05) is 24.3 Å². The Morgan fingerprint density at radius 1 is 1.75 bits per heavy atom. The summed E-state index contributed by atoms with van der Waals surface area (Å²) < 4.78 is 0. The van der Waals surface area contributed by atoms with Gasteiger partial charge in [0, 0.05) is 0 Å². The molecule has 0 fully saturated rings. The lowest BCUT2D eigenvalue weighted by molar-refractivity contribution is -0.305. The zero-order valence-electron chi connectivity index (χ0n) is 7.71. The highest BCUT2D eigenvalue weighted by atomic mass is 17.1. The lowest BCUT2D eigenvalue weighted by atomic mass is 9.83. The second kappa shape index (κ2) is 3.42. The van der Waals surface area contributed by atoms with E-state index in [1.165, 1.54) is 5.57 Å². The van der Waals surface area contributed by atoms with E-state index in [1.807, 2.05) is 19.9 Å². The summed E-state index contributed by atoms with van der Waals surface area (Å²) in [5, 5.41) is 8.60. The minimum Gasteiger partial charge on any atom is -0.251 e. The van der Waals surface area contributed by atoms with Crippen molar-refractivity contribution in [3.05, 3.63) is 24.3 Å². The molecule has 2 heteroatoms. The van der Waals surface area contributed by atoms with Crippen LogP contribution in [0.4, 0.5) is 0 Å². The Morgan fingerprint density at radius 3 is 2.75 bits per heavy atom. The molecule has 0 radical (unpaired) electrons. The van der Waals surface area contributed by atoms with Crippen molar-refractivity contribution in [3.8, 4) is 0 Å². The number of hydrogen-bond donors (Lipinski definition) is 1. The first-order valence-electron chi connectivity index (χ1n) is 4.25. The van der Waals surface area contributed by atoms with Crippen molar-refractivity contribution in [1.29, 1.82) is 0 Å².